The molecule has 0 bridgehead atoms. The Bertz CT molecular complexity index is 862. The van der Waals surface area contributed by atoms with Gasteiger partial charge in [-0.3, -0.25) is 0 Å². The second-order valence-corrected chi connectivity index (χ2v) is 6.40. The predicted octanol–water partition coefficient (Wildman–Crippen LogP) is 4.64. The molecule has 0 aliphatic carbocycles. The van der Waals surface area contributed by atoms with Crippen molar-refractivity contribution in [3.63, 3.8) is 0 Å². The van der Waals surface area contributed by atoms with Crippen LogP contribution in [0.4, 0.5) is 0 Å². The molecule has 2 aromatic heterocycles. The van der Waals surface area contributed by atoms with Crippen LogP contribution in [0.2, 0.25) is 0 Å². The lowest BCUT2D eigenvalue weighted by Gasteiger charge is -2.06. The van der Waals surface area contributed by atoms with E-state index in [4.69, 9.17) is 9.26 Å². The van der Waals surface area contributed by atoms with Crippen LogP contribution >= 0.6 is 11.3 Å². The third-order valence-corrected chi connectivity index (χ3v) is 4.29. The first-order valence-electron chi connectivity index (χ1n) is 7.53. The molecule has 3 aromatic rings. The van der Waals surface area contributed by atoms with E-state index in [2.05, 4.69) is 5.16 Å². The van der Waals surface area contributed by atoms with Gasteiger partial charge in [-0.05, 0) is 36.9 Å². The molecule has 0 saturated heterocycles. The van der Waals surface area contributed by atoms with Crippen LogP contribution in [0.1, 0.15) is 27.5 Å². The number of aromatic nitrogens is 1. The number of thiophene rings is 1. The Morgan fingerprint density at radius 2 is 2.12 bits per heavy atom. The van der Waals surface area contributed by atoms with Crippen molar-refractivity contribution in [1.29, 1.82) is 0 Å². The number of aryl methyl sites for hydroxylation is 2. The lowest BCUT2D eigenvalue weighted by atomic mass is 10.1. The average molecular weight is 339 g/mol. The van der Waals surface area contributed by atoms with Gasteiger partial charge in [0.15, 0.2) is 0 Å². The number of benzene rings is 1. The topological polar surface area (TPSA) is 52.3 Å². The average Bonchev–Trinajstić information content (AvgIpc) is 3.22. The van der Waals surface area contributed by atoms with Gasteiger partial charge >= 0.3 is 5.97 Å². The van der Waals surface area contributed by atoms with E-state index in [-0.39, 0.29) is 12.6 Å². The van der Waals surface area contributed by atoms with E-state index in [1.807, 2.05) is 54.8 Å². The minimum absolute atomic E-state index is 0.0900. The summed E-state index contributed by atoms with van der Waals surface area (Å²) < 4.78 is 10.4. The molecule has 5 heteroatoms. The van der Waals surface area contributed by atoms with Crippen molar-refractivity contribution in [3.05, 3.63) is 75.3 Å². The standard InChI is InChI=1S/C19H17NO3S/c1-13-5-3-6-15(9-13)11-17(18-7-4-8-24-18)19(21)22-12-16-10-14(2)23-20-16/h3-11H,12H2,1-2H3/b17-11+. The van der Waals surface area contributed by atoms with E-state index < -0.39 is 0 Å². The van der Waals surface area contributed by atoms with Gasteiger partial charge in [-0.25, -0.2) is 4.79 Å². The summed E-state index contributed by atoms with van der Waals surface area (Å²) in [6.07, 6.45) is 1.86. The quantitative estimate of drug-likeness (QED) is 0.502. The number of carbonyl (C=O) groups excluding carboxylic acids is 1. The van der Waals surface area contributed by atoms with Crippen molar-refractivity contribution in [2.24, 2.45) is 0 Å². The molecule has 0 N–H and O–H groups in total. The molecular weight excluding hydrogens is 322 g/mol. The fourth-order valence-electron chi connectivity index (χ4n) is 2.29. The smallest absolute Gasteiger partial charge is 0.339 e. The second-order valence-electron chi connectivity index (χ2n) is 5.45. The first-order chi connectivity index (χ1) is 11.6. The molecule has 0 atom stereocenters. The van der Waals surface area contributed by atoms with Crippen molar-refractivity contribution < 1.29 is 14.1 Å². The Kier molecular flexibility index (Phi) is 4.91. The van der Waals surface area contributed by atoms with E-state index in [0.717, 1.165) is 16.0 Å². The van der Waals surface area contributed by atoms with Crippen LogP contribution in [0, 0.1) is 13.8 Å². The molecule has 0 unspecified atom stereocenters. The number of hydrogen-bond acceptors (Lipinski definition) is 5. The molecule has 0 spiro atoms. The summed E-state index contributed by atoms with van der Waals surface area (Å²) in [7, 11) is 0. The summed E-state index contributed by atoms with van der Waals surface area (Å²) in [5.74, 6) is 0.314. The van der Waals surface area contributed by atoms with Crippen LogP contribution < -0.4 is 0 Å². The summed E-state index contributed by atoms with van der Waals surface area (Å²) in [6.45, 7) is 3.91. The van der Waals surface area contributed by atoms with Crippen LogP contribution in [-0.4, -0.2) is 11.1 Å². The Labute approximate surface area is 144 Å². The van der Waals surface area contributed by atoms with Gasteiger partial charge in [0, 0.05) is 10.9 Å². The summed E-state index contributed by atoms with van der Waals surface area (Å²) >= 11 is 1.51. The van der Waals surface area contributed by atoms with E-state index in [1.165, 1.54) is 11.3 Å². The first-order valence-corrected chi connectivity index (χ1v) is 8.41. The van der Waals surface area contributed by atoms with Crippen molar-refractivity contribution in [2.75, 3.05) is 0 Å². The molecule has 0 aliphatic rings. The van der Waals surface area contributed by atoms with Crippen molar-refractivity contribution in [1.82, 2.24) is 5.16 Å². The molecule has 2 heterocycles. The second kappa shape index (κ2) is 7.27. The summed E-state index contributed by atoms with van der Waals surface area (Å²) in [5.41, 5.74) is 3.24. The Balaban J connectivity index is 1.83. The number of ether oxygens (including phenoxy) is 1. The third kappa shape index (κ3) is 4.00. The van der Waals surface area contributed by atoms with Crippen LogP contribution in [0.5, 0.6) is 0 Å². The first kappa shape index (κ1) is 16.2. The van der Waals surface area contributed by atoms with Gasteiger partial charge in [0.2, 0.25) is 0 Å². The molecule has 4 nitrogen and oxygen atoms in total. The number of nitrogens with zero attached hydrogens (tertiary/aromatic N) is 1. The third-order valence-electron chi connectivity index (χ3n) is 3.39. The zero-order valence-corrected chi connectivity index (χ0v) is 14.3. The molecule has 0 amide bonds. The highest BCUT2D eigenvalue weighted by atomic mass is 32.1. The van der Waals surface area contributed by atoms with Gasteiger partial charge in [-0.2, -0.15) is 0 Å². The number of carbonyl (C=O) groups is 1. The van der Waals surface area contributed by atoms with Gasteiger partial charge in [-0.1, -0.05) is 41.1 Å². The number of rotatable bonds is 5. The summed E-state index contributed by atoms with van der Waals surface area (Å²) in [4.78, 5) is 13.4. The fourth-order valence-corrected chi connectivity index (χ4v) is 3.02. The monoisotopic (exact) mass is 339 g/mol. The van der Waals surface area contributed by atoms with Crippen molar-refractivity contribution in [2.45, 2.75) is 20.5 Å². The van der Waals surface area contributed by atoms with Crippen LogP contribution in [0.25, 0.3) is 11.6 Å². The summed E-state index contributed by atoms with van der Waals surface area (Å²) in [6, 6.07) is 13.6. The lowest BCUT2D eigenvalue weighted by molar-refractivity contribution is -0.137. The lowest BCUT2D eigenvalue weighted by Crippen LogP contribution is -2.06. The maximum Gasteiger partial charge on any atom is 0.339 e. The number of hydrogen-bond donors (Lipinski definition) is 0. The largest absolute Gasteiger partial charge is 0.455 e. The van der Waals surface area contributed by atoms with Gasteiger partial charge in [-0.15, -0.1) is 11.3 Å². The zero-order valence-electron chi connectivity index (χ0n) is 13.5. The molecule has 0 aliphatic heterocycles. The van der Waals surface area contributed by atoms with Crippen LogP contribution in [0.3, 0.4) is 0 Å². The van der Waals surface area contributed by atoms with Gasteiger partial charge in [0.1, 0.15) is 18.1 Å². The van der Waals surface area contributed by atoms with Gasteiger partial charge in [0.25, 0.3) is 0 Å². The van der Waals surface area contributed by atoms with E-state index >= 15 is 0 Å². The predicted molar refractivity (Wildman–Crippen MR) is 94.4 cm³/mol. The maximum absolute atomic E-state index is 12.6. The molecule has 0 radical (unpaired) electrons. The van der Waals surface area contributed by atoms with Crippen molar-refractivity contribution in [3.8, 4) is 0 Å². The highest BCUT2D eigenvalue weighted by Gasteiger charge is 2.16. The molecule has 3 rings (SSSR count). The van der Waals surface area contributed by atoms with E-state index in [0.29, 0.717) is 17.0 Å². The minimum Gasteiger partial charge on any atom is -0.455 e. The number of esters is 1. The zero-order chi connectivity index (χ0) is 16.9. The minimum atomic E-state index is -0.375. The maximum atomic E-state index is 12.6. The molecule has 0 fully saturated rings. The van der Waals surface area contributed by atoms with Crippen LogP contribution in [0.15, 0.2) is 52.4 Å². The highest BCUT2D eigenvalue weighted by molar-refractivity contribution is 7.11. The molecule has 122 valence electrons. The summed E-state index contributed by atoms with van der Waals surface area (Å²) in [5, 5.41) is 5.77. The Morgan fingerprint density at radius 3 is 2.79 bits per heavy atom. The molecule has 24 heavy (non-hydrogen) atoms. The van der Waals surface area contributed by atoms with Gasteiger partial charge < -0.3 is 9.26 Å². The van der Waals surface area contributed by atoms with E-state index in [9.17, 15) is 4.79 Å². The Morgan fingerprint density at radius 1 is 1.25 bits per heavy atom. The van der Waals surface area contributed by atoms with Crippen LogP contribution in [-0.2, 0) is 16.1 Å². The molecular formula is C19H17NO3S. The normalized spacial score (nSPS) is 11.5. The van der Waals surface area contributed by atoms with Gasteiger partial charge in [0.05, 0.1) is 5.57 Å². The fraction of sp³-hybridized carbons (Fsp3) is 0.158. The SMILES string of the molecule is Cc1cccc(/C=C(/C(=O)OCc2cc(C)on2)c2cccs2)c1. The Hall–Kier alpha value is -2.66. The van der Waals surface area contributed by atoms with E-state index in [1.54, 1.807) is 13.0 Å². The van der Waals surface area contributed by atoms with Crippen molar-refractivity contribution >= 4 is 29.0 Å². The molecule has 0 saturated carbocycles. The highest BCUT2D eigenvalue weighted by Crippen LogP contribution is 2.25. The molecule has 1 aromatic carbocycles.